The highest BCUT2D eigenvalue weighted by Gasteiger charge is 2.57. The summed E-state index contributed by atoms with van der Waals surface area (Å²) >= 11 is 0. The summed E-state index contributed by atoms with van der Waals surface area (Å²) in [6.45, 7) is 4.92. The first-order chi connectivity index (χ1) is 8.59. The van der Waals surface area contributed by atoms with E-state index < -0.39 is 0 Å². The molecule has 1 N–H and O–H groups in total. The third-order valence-electron chi connectivity index (χ3n) is 6.33. The van der Waals surface area contributed by atoms with Gasteiger partial charge in [0.2, 0.25) is 0 Å². The van der Waals surface area contributed by atoms with Crippen LogP contribution in [0.4, 0.5) is 0 Å². The Balaban J connectivity index is 1.81. The van der Waals surface area contributed by atoms with Gasteiger partial charge in [-0.05, 0) is 74.7 Å². The van der Waals surface area contributed by atoms with E-state index in [9.17, 15) is 0 Å². The molecular weight excluding hydrogens is 218 g/mol. The second kappa shape index (κ2) is 4.51. The highest BCUT2D eigenvalue weighted by molar-refractivity contribution is 5.09. The molecule has 0 aromatic heterocycles. The standard InChI is InChI=1S/C17H31N/c1-4-5-6-15(18-3)17-10-13-7-14(11-17)9-16(2,8-13)12-17/h13-15,18H,4-12H2,1-3H3. The van der Waals surface area contributed by atoms with Crippen molar-refractivity contribution in [2.45, 2.75) is 77.7 Å². The average molecular weight is 249 g/mol. The molecule has 104 valence electrons. The third-order valence-corrected chi connectivity index (χ3v) is 6.33. The molecule has 0 spiro atoms. The Morgan fingerprint density at radius 3 is 2.33 bits per heavy atom. The Morgan fingerprint density at radius 2 is 1.83 bits per heavy atom. The number of rotatable bonds is 5. The summed E-state index contributed by atoms with van der Waals surface area (Å²) in [6.07, 6.45) is 13.4. The molecule has 3 unspecified atom stereocenters. The van der Waals surface area contributed by atoms with E-state index in [4.69, 9.17) is 0 Å². The molecule has 0 saturated heterocycles. The topological polar surface area (TPSA) is 12.0 Å². The summed E-state index contributed by atoms with van der Waals surface area (Å²) < 4.78 is 0. The van der Waals surface area contributed by atoms with Crippen molar-refractivity contribution >= 4 is 0 Å². The van der Waals surface area contributed by atoms with Gasteiger partial charge in [-0.2, -0.15) is 0 Å². The van der Waals surface area contributed by atoms with Crippen molar-refractivity contribution in [3.8, 4) is 0 Å². The number of hydrogen-bond acceptors (Lipinski definition) is 1. The molecule has 0 aliphatic heterocycles. The minimum atomic E-state index is 0.669. The molecule has 0 amide bonds. The molecule has 4 aliphatic rings. The van der Waals surface area contributed by atoms with E-state index in [1.54, 1.807) is 6.42 Å². The minimum Gasteiger partial charge on any atom is -0.316 e. The van der Waals surface area contributed by atoms with E-state index in [0.717, 1.165) is 17.9 Å². The van der Waals surface area contributed by atoms with Crippen LogP contribution in [0.1, 0.15) is 71.6 Å². The zero-order valence-corrected chi connectivity index (χ0v) is 12.6. The Kier molecular flexibility index (Phi) is 3.25. The molecule has 0 aromatic rings. The van der Waals surface area contributed by atoms with Gasteiger partial charge >= 0.3 is 0 Å². The van der Waals surface area contributed by atoms with Gasteiger partial charge in [0, 0.05) is 6.04 Å². The molecule has 1 heteroatoms. The normalized spacial score (nSPS) is 47.5. The molecule has 0 radical (unpaired) electrons. The van der Waals surface area contributed by atoms with E-state index >= 15 is 0 Å². The number of unbranched alkanes of at least 4 members (excludes halogenated alkanes) is 1. The van der Waals surface area contributed by atoms with Crippen LogP contribution < -0.4 is 5.32 Å². The van der Waals surface area contributed by atoms with E-state index in [2.05, 4.69) is 26.2 Å². The van der Waals surface area contributed by atoms with Crippen LogP contribution >= 0.6 is 0 Å². The molecule has 0 heterocycles. The van der Waals surface area contributed by atoms with Crippen LogP contribution in [-0.2, 0) is 0 Å². The van der Waals surface area contributed by atoms with Crippen molar-refractivity contribution in [2.75, 3.05) is 7.05 Å². The van der Waals surface area contributed by atoms with Crippen LogP contribution in [0.15, 0.2) is 0 Å². The lowest BCUT2D eigenvalue weighted by atomic mass is 9.43. The summed E-state index contributed by atoms with van der Waals surface area (Å²) in [7, 11) is 2.21. The molecule has 0 aromatic carbocycles. The lowest BCUT2D eigenvalue weighted by Crippen LogP contribution is -2.58. The van der Waals surface area contributed by atoms with E-state index in [0.29, 0.717) is 10.8 Å². The van der Waals surface area contributed by atoms with Gasteiger partial charge in [-0.15, -0.1) is 0 Å². The van der Waals surface area contributed by atoms with Crippen LogP contribution in [0.25, 0.3) is 0 Å². The number of hydrogen-bond donors (Lipinski definition) is 1. The van der Waals surface area contributed by atoms with Crippen molar-refractivity contribution in [2.24, 2.45) is 22.7 Å². The largest absolute Gasteiger partial charge is 0.316 e. The van der Waals surface area contributed by atoms with Crippen molar-refractivity contribution in [3.05, 3.63) is 0 Å². The predicted octanol–water partition coefficient (Wildman–Crippen LogP) is 4.37. The molecule has 4 saturated carbocycles. The predicted molar refractivity (Wildman–Crippen MR) is 77.6 cm³/mol. The van der Waals surface area contributed by atoms with Crippen LogP contribution in [-0.4, -0.2) is 13.1 Å². The van der Waals surface area contributed by atoms with Crippen LogP contribution in [0.2, 0.25) is 0 Å². The van der Waals surface area contributed by atoms with Gasteiger partial charge in [0.25, 0.3) is 0 Å². The SMILES string of the molecule is CCCCC(NC)C12CC3CC(CC(C)(C3)C1)C2. The van der Waals surface area contributed by atoms with Crippen LogP contribution in [0.3, 0.4) is 0 Å². The maximum atomic E-state index is 3.71. The third kappa shape index (κ3) is 2.03. The van der Waals surface area contributed by atoms with Gasteiger partial charge in [-0.25, -0.2) is 0 Å². The lowest BCUT2D eigenvalue weighted by Gasteiger charge is -2.63. The summed E-state index contributed by atoms with van der Waals surface area (Å²) in [6, 6.07) is 0.794. The summed E-state index contributed by atoms with van der Waals surface area (Å²) in [5, 5.41) is 3.71. The molecule has 1 nitrogen and oxygen atoms in total. The molecule has 4 bridgehead atoms. The zero-order valence-electron chi connectivity index (χ0n) is 12.6. The monoisotopic (exact) mass is 249 g/mol. The highest BCUT2D eigenvalue weighted by atomic mass is 14.9. The molecule has 4 aliphatic carbocycles. The fourth-order valence-electron chi connectivity index (χ4n) is 6.37. The molecule has 3 atom stereocenters. The molecule has 4 rings (SSSR count). The quantitative estimate of drug-likeness (QED) is 0.763. The van der Waals surface area contributed by atoms with E-state index in [1.165, 1.54) is 51.4 Å². The Hall–Kier alpha value is -0.0400. The fraction of sp³-hybridized carbons (Fsp3) is 1.00. The molecular formula is C17H31N. The van der Waals surface area contributed by atoms with Crippen molar-refractivity contribution in [3.63, 3.8) is 0 Å². The van der Waals surface area contributed by atoms with Gasteiger partial charge < -0.3 is 5.32 Å². The summed E-state index contributed by atoms with van der Waals surface area (Å²) in [4.78, 5) is 0. The van der Waals surface area contributed by atoms with Gasteiger partial charge in [0.15, 0.2) is 0 Å². The lowest BCUT2D eigenvalue weighted by molar-refractivity contribution is -0.118. The van der Waals surface area contributed by atoms with Crippen molar-refractivity contribution < 1.29 is 0 Å². The average Bonchev–Trinajstić information content (AvgIpc) is 2.26. The molecule has 18 heavy (non-hydrogen) atoms. The van der Waals surface area contributed by atoms with Crippen molar-refractivity contribution in [1.82, 2.24) is 5.32 Å². The Bertz CT molecular complexity index is 295. The molecule has 4 fully saturated rings. The van der Waals surface area contributed by atoms with Gasteiger partial charge in [-0.3, -0.25) is 0 Å². The summed E-state index contributed by atoms with van der Waals surface area (Å²) in [5.74, 6) is 2.13. The van der Waals surface area contributed by atoms with Crippen LogP contribution in [0.5, 0.6) is 0 Å². The maximum absolute atomic E-state index is 3.71. The second-order valence-electron chi connectivity index (χ2n) is 8.12. The van der Waals surface area contributed by atoms with E-state index in [1.807, 2.05) is 0 Å². The second-order valence-corrected chi connectivity index (χ2v) is 8.12. The number of nitrogens with one attached hydrogen (secondary N) is 1. The first kappa shape index (κ1) is 13.0. The first-order valence-corrected chi connectivity index (χ1v) is 8.26. The maximum Gasteiger partial charge on any atom is 0.0121 e. The minimum absolute atomic E-state index is 0.669. The van der Waals surface area contributed by atoms with Crippen LogP contribution in [0, 0.1) is 22.7 Å². The highest BCUT2D eigenvalue weighted by Crippen LogP contribution is 2.66. The van der Waals surface area contributed by atoms with Gasteiger partial charge in [0.1, 0.15) is 0 Å². The Labute approximate surface area is 113 Å². The fourth-order valence-corrected chi connectivity index (χ4v) is 6.37. The van der Waals surface area contributed by atoms with E-state index in [-0.39, 0.29) is 0 Å². The first-order valence-electron chi connectivity index (χ1n) is 8.26. The Morgan fingerprint density at radius 1 is 1.17 bits per heavy atom. The van der Waals surface area contributed by atoms with Crippen molar-refractivity contribution in [1.29, 1.82) is 0 Å². The smallest absolute Gasteiger partial charge is 0.0121 e. The summed E-state index contributed by atoms with van der Waals surface area (Å²) in [5.41, 5.74) is 1.37. The zero-order chi connectivity index (χ0) is 12.8. The van der Waals surface area contributed by atoms with Gasteiger partial charge in [-0.1, -0.05) is 26.7 Å². The van der Waals surface area contributed by atoms with Gasteiger partial charge in [0.05, 0.1) is 0 Å².